The van der Waals surface area contributed by atoms with Gasteiger partial charge in [0, 0.05) is 32.5 Å². The molecule has 98 valence electrons. The highest BCUT2D eigenvalue weighted by molar-refractivity contribution is 5.79. The molecule has 1 aliphatic heterocycles. The summed E-state index contributed by atoms with van der Waals surface area (Å²) in [7, 11) is 0. The molecule has 0 atom stereocenters. The van der Waals surface area contributed by atoms with Crippen molar-refractivity contribution in [3.63, 3.8) is 0 Å². The topological polar surface area (TPSA) is 29.5 Å². The lowest BCUT2D eigenvalue weighted by Crippen LogP contribution is -2.36. The largest absolute Gasteiger partial charge is 0.492 e. The lowest BCUT2D eigenvalue weighted by Gasteiger charge is -2.25. The summed E-state index contributed by atoms with van der Waals surface area (Å²) in [6, 6.07) is 6.19. The Morgan fingerprint density at radius 2 is 1.78 bits per heavy atom. The van der Waals surface area contributed by atoms with Crippen LogP contribution in [0.4, 0.5) is 0 Å². The van der Waals surface area contributed by atoms with E-state index >= 15 is 0 Å². The predicted octanol–water partition coefficient (Wildman–Crippen LogP) is 2.35. The van der Waals surface area contributed by atoms with E-state index in [9.17, 15) is 4.79 Å². The first-order valence-electron chi connectivity index (χ1n) is 6.60. The number of ether oxygens (including phenoxy) is 1. The van der Waals surface area contributed by atoms with E-state index in [2.05, 4.69) is 30.9 Å². The number of benzene rings is 1. The second-order valence-electron chi connectivity index (χ2n) is 4.95. The van der Waals surface area contributed by atoms with Crippen LogP contribution in [0, 0.1) is 13.8 Å². The minimum absolute atomic E-state index is 0.391. The van der Waals surface area contributed by atoms with Gasteiger partial charge < -0.3 is 4.74 Å². The lowest BCUT2D eigenvalue weighted by molar-refractivity contribution is -0.121. The number of hydrogen-bond acceptors (Lipinski definition) is 3. The first-order valence-corrected chi connectivity index (χ1v) is 6.60. The minimum atomic E-state index is 0.391. The first kappa shape index (κ1) is 13.1. The summed E-state index contributed by atoms with van der Waals surface area (Å²) in [6.07, 6.45) is 1.40. The van der Waals surface area contributed by atoms with Gasteiger partial charge in [0.2, 0.25) is 0 Å². The van der Waals surface area contributed by atoms with Crippen LogP contribution in [-0.4, -0.2) is 36.9 Å². The van der Waals surface area contributed by atoms with E-state index in [1.165, 1.54) is 11.1 Å². The Morgan fingerprint density at radius 3 is 2.39 bits per heavy atom. The van der Waals surface area contributed by atoms with E-state index in [4.69, 9.17) is 4.74 Å². The molecule has 0 amide bonds. The summed E-state index contributed by atoms with van der Waals surface area (Å²) >= 11 is 0. The summed E-state index contributed by atoms with van der Waals surface area (Å²) in [5.74, 6) is 1.40. The number of hydrogen-bond donors (Lipinski definition) is 0. The molecule has 0 radical (unpaired) electrons. The van der Waals surface area contributed by atoms with Gasteiger partial charge in [-0.3, -0.25) is 9.69 Å². The molecule has 1 aromatic rings. The van der Waals surface area contributed by atoms with Gasteiger partial charge in [0.25, 0.3) is 0 Å². The molecule has 0 aliphatic carbocycles. The molecule has 18 heavy (non-hydrogen) atoms. The maximum absolute atomic E-state index is 11.1. The van der Waals surface area contributed by atoms with E-state index in [-0.39, 0.29) is 0 Å². The van der Waals surface area contributed by atoms with E-state index in [0.29, 0.717) is 25.2 Å². The molecule has 1 fully saturated rings. The molecule has 3 nitrogen and oxygen atoms in total. The van der Waals surface area contributed by atoms with Crippen LogP contribution in [0.3, 0.4) is 0 Å². The molecule has 0 spiro atoms. The van der Waals surface area contributed by atoms with E-state index in [0.717, 1.165) is 25.4 Å². The van der Waals surface area contributed by atoms with Gasteiger partial charge >= 0.3 is 0 Å². The van der Waals surface area contributed by atoms with Gasteiger partial charge in [-0.2, -0.15) is 0 Å². The minimum Gasteiger partial charge on any atom is -0.492 e. The molecule has 0 N–H and O–H groups in total. The van der Waals surface area contributed by atoms with Crippen LogP contribution in [0.15, 0.2) is 18.2 Å². The molecule has 0 unspecified atom stereocenters. The summed E-state index contributed by atoms with van der Waals surface area (Å²) in [5.41, 5.74) is 2.37. The number of para-hydroxylation sites is 1. The van der Waals surface area contributed by atoms with Crippen molar-refractivity contribution in [1.29, 1.82) is 0 Å². The van der Waals surface area contributed by atoms with Gasteiger partial charge in [-0.15, -0.1) is 0 Å². The number of rotatable bonds is 4. The Morgan fingerprint density at radius 1 is 1.17 bits per heavy atom. The number of piperidine rings is 1. The Kier molecular flexibility index (Phi) is 4.37. The number of likely N-dealkylation sites (tertiary alicyclic amines) is 1. The number of aryl methyl sites for hydroxylation is 2. The predicted molar refractivity (Wildman–Crippen MR) is 72.1 cm³/mol. The van der Waals surface area contributed by atoms with Crippen molar-refractivity contribution in [2.24, 2.45) is 0 Å². The maximum Gasteiger partial charge on any atom is 0.135 e. The summed E-state index contributed by atoms with van der Waals surface area (Å²) in [4.78, 5) is 13.4. The van der Waals surface area contributed by atoms with Crippen LogP contribution in [-0.2, 0) is 4.79 Å². The number of nitrogens with zero attached hydrogens (tertiary/aromatic N) is 1. The zero-order chi connectivity index (χ0) is 13.0. The number of Topliss-reactive ketones (excluding diaryl/α,β-unsaturated/α-hetero) is 1. The van der Waals surface area contributed by atoms with Crippen molar-refractivity contribution < 1.29 is 9.53 Å². The molecule has 3 heteroatoms. The Bertz CT molecular complexity index is 398. The van der Waals surface area contributed by atoms with Crippen molar-refractivity contribution in [1.82, 2.24) is 4.90 Å². The highest BCUT2D eigenvalue weighted by Gasteiger charge is 2.15. The van der Waals surface area contributed by atoms with Crippen LogP contribution in [0.2, 0.25) is 0 Å². The highest BCUT2D eigenvalue weighted by atomic mass is 16.5. The van der Waals surface area contributed by atoms with E-state index in [1.807, 2.05) is 6.07 Å². The molecular formula is C15H21NO2. The monoisotopic (exact) mass is 247 g/mol. The molecule has 0 aromatic heterocycles. The van der Waals surface area contributed by atoms with Crippen molar-refractivity contribution in [3.8, 4) is 5.75 Å². The molecule has 2 rings (SSSR count). The fraction of sp³-hybridized carbons (Fsp3) is 0.533. The maximum atomic E-state index is 11.1. The zero-order valence-electron chi connectivity index (χ0n) is 11.2. The van der Waals surface area contributed by atoms with Crippen molar-refractivity contribution in [3.05, 3.63) is 29.3 Å². The van der Waals surface area contributed by atoms with Gasteiger partial charge in [-0.25, -0.2) is 0 Å². The van der Waals surface area contributed by atoms with Crippen LogP contribution in [0.5, 0.6) is 5.75 Å². The number of ketones is 1. The van der Waals surface area contributed by atoms with Crippen LogP contribution in [0.1, 0.15) is 24.0 Å². The average Bonchev–Trinajstić information content (AvgIpc) is 2.35. The highest BCUT2D eigenvalue weighted by Crippen LogP contribution is 2.22. The first-order chi connectivity index (χ1) is 8.66. The lowest BCUT2D eigenvalue weighted by atomic mass is 10.1. The molecule has 1 heterocycles. The second-order valence-corrected chi connectivity index (χ2v) is 4.95. The van der Waals surface area contributed by atoms with Gasteiger partial charge in [-0.1, -0.05) is 18.2 Å². The third-order valence-corrected chi connectivity index (χ3v) is 3.48. The van der Waals surface area contributed by atoms with E-state index in [1.54, 1.807) is 0 Å². The Balaban J connectivity index is 1.80. The normalized spacial score (nSPS) is 16.9. The van der Waals surface area contributed by atoms with Crippen molar-refractivity contribution in [2.75, 3.05) is 26.2 Å². The van der Waals surface area contributed by atoms with Gasteiger partial charge in [-0.05, 0) is 25.0 Å². The summed E-state index contributed by atoms with van der Waals surface area (Å²) in [6.45, 7) is 7.51. The summed E-state index contributed by atoms with van der Waals surface area (Å²) in [5, 5.41) is 0. The standard InChI is InChI=1S/C15H21NO2/c1-12-4-3-5-13(2)15(12)18-11-10-16-8-6-14(17)7-9-16/h3-5H,6-11H2,1-2H3. The fourth-order valence-corrected chi connectivity index (χ4v) is 2.33. The Hall–Kier alpha value is -1.35. The number of carbonyl (C=O) groups is 1. The molecular weight excluding hydrogens is 226 g/mol. The molecule has 1 aromatic carbocycles. The molecule has 0 bridgehead atoms. The van der Waals surface area contributed by atoms with Gasteiger partial charge in [0.1, 0.15) is 18.1 Å². The second kappa shape index (κ2) is 6.01. The van der Waals surface area contributed by atoms with E-state index < -0.39 is 0 Å². The van der Waals surface area contributed by atoms with Crippen molar-refractivity contribution >= 4 is 5.78 Å². The van der Waals surface area contributed by atoms with Crippen molar-refractivity contribution in [2.45, 2.75) is 26.7 Å². The number of carbonyl (C=O) groups excluding carboxylic acids is 1. The quantitative estimate of drug-likeness (QED) is 0.818. The van der Waals surface area contributed by atoms with Crippen LogP contribution in [0.25, 0.3) is 0 Å². The smallest absolute Gasteiger partial charge is 0.135 e. The van der Waals surface area contributed by atoms with Gasteiger partial charge in [0.15, 0.2) is 0 Å². The Labute approximate surface area is 109 Å². The SMILES string of the molecule is Cc1cccc(C)c1OCCN1CCC(=O)CC1. The average molecular weight is 247 g/mol. The molecule has 1 aliphatic rings. The van der Waals surface area contributed by atoms with Crippen LogP contribution < -0.4 is 4.74 Å². The molecule has 1 saturated heterocycles. The summed E-state index contributed by atoms with van der Waals surface area (Å²) < 4.78 is 5.87. The third-order valence-electron chi connectivity index (χ3n) is 3.48. The van der Waals surface area contributed by atoms with Crippen LogP contribution >= 0.6 is 0 Å². The molecule has 0 saturated carbocycles. The zero-order valence-corrected chi connectivity index (χ0v) is 11.2. The van der Waals surface area contributed by atoms with Gasteiger partial charge in [0.05, 0.1) is 0 Å². The third kappa shape index (κ3) is 3.33. The fourth-order valence-electron chi connectivity index (χ4n) is 2.33.